The Balaban J connectivity index is 1.77. The quantitative estimate of drug-likeness (QED) is 0.325. The highest BCUT2D eigenvalue weighted by molar-refractivity contribution is 6.07. The molecule has 0 atom stereocenters. The van der Waals surface area contributed by atoms with Gasteiger partial charge in [-0.15, -0.1) is 0 Å². The predicted molar refractivity (Wildman–Crippen MR) is 92.8 cm³/mol. The molecule has 4 heteroatoms. The normalized spacial score (nSPS) is 10.9. The van der Waals surface area contributed by atoms with Crippen molar-refractivity contribution in [3.8, 4) is 11.8 Å². The topological polar surface area (TPSA) is 15.8 Å². The molecule has 1 aromatic heterocycles. The van der Waals surface area contributed by atoms with Crippen LogP contribution in [-0.2, 0) is 0 Å². The van der Waals surface area contributed by atoms with Gasteiger partial charge in [0.1, 0.15) is 0 Å². The van der Waals surface area contributed by atoms with Crippen LogP contribution in [0.25, 0.3) is 21.8 Å². The third-order valence-electron chi connectivity index (χ3n) is 4.09. The van der Waals surface area contributed by atoms with Crippen LogP contribution >= 0.6 is 0 Å². The SMILES string of the molecule is Cc1ccc2c(c1)[nH]c1cc(C#Cc3cc(F)c(F)c(F)c3)ccc12. The second-order valence-electron chi connectivity index (χ2n) is 5.94. The van der Waals surface area contributed by atoms with Gasteiger partial charge in [-0.2, -0.15) is 0 Å². The number of H-pyrrole nitrogens is 1. The van der Waals surface area contributed by atoms with Crippen molar-refractivity contribution in [1.29, 1.82) is 0 Å². The molecule has 1 heterocycles. The first-order chi connectivity index (χ1) is 12.0. The maximum atomic E-state index is 13.2. The van der Waals surface area contributed by atoms with Gasteiger partial charge in [-0.05, 0) is 42.8 Å². The molecule has 3 aromatic carbocycles. The highest BCUT2D eigenvalue weighted by atomic mass is 19.2. The van der Waals surface area contributed by atoms with Gasteiger partial charge < -0.3 is 4.98 Å². The van der Waals surface area contributed by atoms with E-state index in [-0.39, 0.29) is 5.56 Å². The molecule has 0 saturated heterocycles. The lowest BCUT2D eigenvalue weighted by atomic mass is 10.1. The lowest BCUT2D eigenvalue weighted by Gasteiger charge is -1.96. The maximum absolute atomic E-state index is 13.2. The van der Waals surface area contributed by atoms with Crippen molar-refractivity contribution in [2.24, 2.45) is 0 Å². The van der Waals surface area contributed by atoms with E-state index < -0.39 is 17.5 Å². The third-order valence-corrected chi connectivity index (χ3v) is 4.09. The molecule has 122 valence electrons. The van der Waals surface area contributed by atoms with Crippen LogP contribution in [0.2, 0.25) is 0 Å². The number of hydrogen-bond donors (Lipinski definition) is 1. The molecule has 0 fully saturated rings. The van der Waals surface area contributed by atoms with E-state index in [9.17, 15) is 13.2 Å². The number of rotatable bonds is 0. The number of aryl methyl sites for hydroxylation is 1. The zero-order valence-electron chi connectivity index (χ0n) is 13.3. The minimum atomic E-state index is -1.49. The monoisotopic (exact) mass is 335 g/mol. The summed E-state index contributed by atoms with van der Waals surface area (Å²) < 4.78 is 39.5. The number of aromatic nitrogens is 1. The Morgan fingerprint density at radius 2 is 1.32 bits per heavy atom. The number of halogens is 3. The minimum Gasteiger partial charge on any atom is -0.354 e. The van der Waals surface area contributed by atoms with Gasteiger partial charge in [-0.25, -0.2) is 13.2 Å². The molecule has 0 radical (unpaired) electrons. The van der Waals surface area contributed by atoms with Crippen molar-refractivity contribution in [2.45, 2.75) is 6.92 Å². The van der Waals surface area contributed by atoms with Gasteiger partial charge in [-0.3, -0.25) is 0 Å². The van der Waals surface area contributed by atoms with Crippen LogP contribution in [0.5, 0.6) is 0 Å². The van der Waals surface area contributed by atoms with E-state index in [0.29, 0.717) is 5.56 Å². The Morgan fingerprint density at radius 1 is 0.720 bits per heavy atom. The Morgan fingerprint density at radius 3 is 2.04 bits per heavy atom. The highest BCUT2D eigenvalue weighted by Gasteiger charge is 2.09. The summed E-state index contributed by atoms with van der Waals surface area (Å²) in [6, 6.07) is 13.7. The first-order valence-corrected chi connectivity index (χ1v) is 7.70. The first-order valence-electron chi connectivity index (χ1n) is 7.70. The molecular formula is C21H12F3N. The summed E-state index contributed by atoms with van der Waals surface area (Å²) in [5.74, 6) is 1.55. The summed E-state index contributed by atoms with van der Waals surface area (Å²) in [5.41, 5.74) is 3.93. The molecule has 4 aromatic rings. The van der Waals surface area contributed by atoms with Gasteiger partial charge in [0.15, 0.2) is 17.5 Å². The Labute approximate surface area is 142 Å². The number of nitrogens with one attached hydrogen (secondary N) is 1. The Bertz CT molecular complexity index is 1170. The van der Waals surface area contributed by atoms with Crippen LogP contribution < -0.4 is 0 Å². The molecule has 0 unspecified atom stereocenters. The summed E-state index contributed by atoms with van der Waals surface area (Å²) in [6.07, 6.45) is 0. The van der Waals surface area contributed by atoms with Gasteiger partial charge in [0.05, 0.1) is 0 Å². The largest absolute Gasteiger partial charge is 0.354 e. The van der Waals surface area contributed by atoms with Crippen molar-refractivity contribution in [3.63, 3.8) is 0 Å². The van der Waals surface area contributed by atoms with E-state index >= 15 is 0 Å². The van der Waals surface area contributed by atoms with Crippen LogP contribution in [0.1, 0.15) is 16.7 Å². The highest BCUT2D eigenvalue weighted by Crippen LogP contribution is 2.26. The lowest BCUT2D eigenvalue weighted by Crippen LogP contribution is -1.91. The molecule has 1 N–H and O–H groups in total. The number of hydrogen-bond acceptors (Lipinski definition) is 0. The average molecular weight is 335 g/mol. The summed E-state index contributed by atoms with van der Waals surface area (Å²) in [4.78, 5) is 3.35. The van der Waals surface area contributed by atoms with Gasteiger partial charge in [-0.1, -0.05) is 30.0 Å². The lowest BCUT2D eigenvalue weighted by molar-refractivity contribution is 0.446. The van der Waals surface area contributed by atoms with Crippen molar-refractivity contribution in [3.05, 3.63) is 82.7 Å². The van der Waals surface area contributed by atoms with Crippen LogP contribution in [0.3, 0.4) is 0 Å². The molecule has 25 heavy (non-hydrogen) atoms. The predicted octanol–water partition coefficient (Wildman–Crippen LogP) is 5.45. The molecule has 0 amide bonds. The smallest absolute Gasteiger partial charge is 0.194 e. The van der Waals surface area contributed by atoms with E-state index in [0.717, 1.165) is 33.9 Å². The summed E-state index contributed by atoms with van der Waals surface area (Å²) in [5, 5.41) is 2.21. The molecule has 0 spiro atoms. The fourth-order valence-electron chi connectivity index (χ4n) is 2.87. The van der Waals surface area contributed by atoms with Crippen LogP contribution in [-0.4, -0.2) is 4.98 Å². The van der Waals surface area contributed by atoms with E-state index in [2.05, 4.69) is 35.0 Å². The van der Waals surface area contributed by atoms with Crippen molar-refractivity contribution >= 4 is 21.8 Å². The molecule has 1 nitrogen and oxygen atoms in total. The van der Waals surface area contributed by atoms with Crippen LogP contribution in [0.15, 0.2) is 48.5 Å². The number of benzene rings is 3. The zero-order valence-corrected chi connectivity index (χ0v) is 13.3. The molecule has 0 aliphatic heterocycles. The van der Waals surface area contributed by atoms with Gasteiger partial charge in [0, 0.05) is 32.9 Å². The van der Waals surface area contributed by atoms with Crippen LogP contribution in [0, 0.1) is 36.2 Å². The molecular weight excluding hydrogens is 323 g/mol. The maximum Gasteiger partial charge on any atom is 0.194 e. The molecule has 0 bridgehead atoms. The van der Waals surface area contributed by atoms with Crippen LogP contribution in [0.4, 0.5) is 13.2 Å². The third kappa shape index (κ3) is 2.74. The van der Waals surface area contributed by atoms with E-state index in [4.69, 9.17) is 0 Å². The fraction of sp³-hybridized carbons (Fsp3) is 0.0476. The zero-order chi connectivity index (χ0) is 17.6. The van der Waals surface area contributed by atoms with Gasteiger partial charge in [0.25, 0.3) is 0 Å². The average Bonchev–Trinajstić information content (AvgIpc) is 2.94. The Kier molecular flexibility index (Phi) is 3.51. The van der Waals surface area contributed by atoms with Crippen molar-refractivity contribution < 1.29 is 13.2 Å². The molecule has 0 aliphatic rings. The minimum absolute atomic E-state index is 0.0868. The van der Waals surface area contributed by atoms with E-state index in [1.54, 1.807) is 0 Å². The van der Waals surface area contributed by atoms with Gasteiger partial charge in [0.2, 0.25) is 0 Å². The van der Waals surface area contributed by atoms with Gasteiger partial charge >= 0.3 is 0 Å². The molecule has 0 saturated carbocycles. The standard InChI is InChI=1S/C21H12F3N/c1-12-2-6-15-16-7-5-13(11-20(16)25-19(15)8-12)3-4-14-9-17(22)21(24)18(23)10-14/h2,5-11,25H,1H3. The second-order valence-corrected chi connectivity index (χ2v) is 5.94. The second kappa shape index (κ2) is 5.71. The summed E-state index contributed by atoms with van der Waals surface area (Å²) >= 11 is 0. The van der Waals surface area contributed by atoms with E-state index in [1.807, 2.05) is 25.1 Å². The molecule has 4 rings (SSSR count). The number of aromatic amines is 1. The summed E-state index contributed by atoms with van der Waals surface area (Å²) in [6.45, 7) is 2.03. The first kappa shape index (κ1) is 15.3. The molecule has 0 aliphatic carbocycles. The van der Waals surface area contributed by atoms with E-state index in [1.165, 1.54) is 5.56 Å². The Hall–Kier alpha value is -3.19. The number of fused-ring (bicyclic) bond motifs is 3. The van der Waals surface area contributed by atoms with Crippen molar-refractivity contribution in [2.75, 3.05) is 0 Å². The van der Waals surface area contributed by atoms with Crippen molar-refractivity contribution in [1.82, 2.24) is 4.98 Å². The fourth-order valence-corrected chi connectivity index (χ4v) is 2.87. The summed E-state index contributed by atoms with van der Waals surface area (Å²) in [7, 11) is 0.